The van der Waals surface area contributed by atoms with E-state index in [1.165, 1.54) is 25.1 Å². The number of hydrogen-bond acceptors (Lipinski definition) is 4. The zero-order valence-electron chi connectivity index (χ0n) is 14.1. The molecule has 0 unspecified atom stereocenters. The second-order valence-electron chi connectivity index (χ2n) is 5.27. The van der Waals surface area contributed by atoms with E-state index < -0.39 is 17.7 Å². The Morgan fingerprint density at radius 3 is 2.69 bits per heavy atom. The molecule has 0 atom stereocenters. The van der Waals surface area contributed by atoms with Crippen molar-refractivity contribution in [3.8, 4) is 11.5 Å². The van der Waals surface area contributed by atoms with Crippen LogP contribution >= 0.6 is 15.9 Å². The molecular weight excluding hydrogens is 405 g/mol. The SMILES string of the molecule is C=CCOc1ccc(OC(C)=O)c(C(=O)NCc2ccc(Br)cc2F)c1. The molecule has 0 saturated carbocycles. The second kappa shape index (κ2) is 9.15. The first-order valence-electron chi connectivity index (χ1n) is 7.69. The van der Waals surface area contributed by atoms with Gasteiger partial charge in [0, 0.05) is 23.5 Å². The van der Waals surface area contributed by atoms with Crippen LogP contribution in [0.2, 0.25) is 0 Å². The van der Waals surface area contributed by atoms with Gasteiger partial charge in [-0.05, 0) is 30.3 Å². The first-order valence-corrected chi connectivity index (χ1v) is 8.48. The molecule has 2 rings (SSSR count). The summed E-state index contributed by atoms with van der Waals surface area (Å²) in [5.74, 6) is -1.01. The summed E-state index contributed by atoms with van der Waals surface area (Å²) >= 11 is 3.18. The maximum atomic E-state index is 13.9. The molecule has 26 heavy (non-hydrogen) atoms. The number of carbonyl (C=O) groups excluding carboxylic acids is 2. The Kier molecular flexibility index (Phi) is 6.91. The molecule has 0 aromatic heterocycles. The highest BCUT2D eigenvalue weighted by Gasteiger charge is 2.16. The predicted molar refractivity (Wildman–Crippen MR) is 98.7 cm³/mol. The summed E-state index contributed by atoms with van der Waals surface area (Å²) in [5.41, 5.74) is 0.439. The number of nitrogens with one attached hydrogen (secondary N) is 1. The van der Waals surface area contributed by atoms with E-state index in [1.54, 1.807) is 24.3 Å². The molecule has 1 amide bonds. The summed E-state index contributed by atoms with van der Waals surface area (Å²) < 4.78 is 24.9. The number of carbonyl (C=O) groups is 2. The van der Waals surface area contributed by atoms with E-state index in [-0.39, 0.29) is 24.5 Å². The zero-order valence-corrected chi connectivity index (χ0v) is 15.6. The third kappa shape index (κ3) is 5.42. The summed E-state index contributed by atoms with van der Waals surface area (Å²) in [4.78, 5) is 23.8. The van der Waals surface area contributed by atoms with Gasteiger partial charge in [0.05, 0.1) is 5.56 Å². The van der Waals surface area contributed by atoms with Crippen molar-refractivity contribution in [2.75, 3.05) is 6.61 Å². The van der Waals surface area contributed by atoms with Gasteiger partial charge in [0.15, 0.2) is 0 Å². The number of halogens is 2. The summed E-state index contributed by atoms with van der Waals surface area (Å²) in [5, 5.41) is 2.61. The van der Waals surface area contributed by atoms with Crippen LogP contribution in [0.5, 0.6) is 11.5 Å². The third-order valence-electron chi connectivity index (χ3n) is 3.27. The highest BCUT2D eigenvalue weighted by Crippen LogP contribution is 2.25. The molecule has 0 spiro atoms. The van der Waals surface area contributed by atoms with Crippen LogP contribution in [0, 0.1) is 5.82 Å². The van der Waals surface area contributed by atoms with Crippen molar-refractivity contribution in [3.05, 3.63) is 70.5 Å². The van der Waals surface area contributed by atoms with E-state index >= 15 is 0 Å². The van der Waals surface area contributed by atoms with Crippen molar-refractivity contribution in [1.82, 2.24) is 5.32 Å². The van der Waals surface area contributed by atoms with Crippen LogP contribution in [0.3, 0.4) is 0 Å². The summed E-state index contributed by atoms with van der Waals surface area (Å²) in [7, 11) is 0. The normalized spacial score (nSPS) is 10.1. The Hall–Kier alpha value is -2.67. The van der Waals surface area contributed by atoms with Crippen molar-refractivity contribution >= 4 is 27.8 Å². The van der Waals surface area contributed by atoms with E-state index in [0.29, 0.717) is 15.8 Å². The van der Waals surface area contributed by atoms with Gasteiger partial charge in [0.1, 0.15) is 23.9 Å². The maximum absolute atomic E-state index is 13.9. The molecule has 0 aliphatic rings. The first-order chi connectivity index (χ1) is 12.4. The standard InChI is InChI=1S/C19H17BrFNO4/c1-3-8-25-15-6-7-18(26-12(2)23)16(10-15)19(24)22-11-13-4-5-14(20)9-17(13)21/h3-7,9-10H,1,8,11H2,2H3,(H,22,24). The van der Waals surface area contributed by atoms with Crippen LogP contribution in [0.4, 0.5) is 4.39 Å². The highest BCUT2D eigenvalue weighted by atomic mass is 79.9. The van der Waals surface area contributed by atoms with Gasteiger partial charge in [-0.1, -0.05) is 34.7 Å². The molecule has 0 bridgehead atoms. The maximum Gasteiger partial charge on any atom is 0.308 e. The average molecular weight is 422 g/mol. The number of hydrogen-bond donors (Lipinski definition) is 1. The van der Waals surface area contributed by atoms with Crippen molar-refractivity contribution in [1.29, 1.82) is 0 Å². The molecule has 0 aliphatic heterocycles. The van der Waals surface area contributed by atoms with Gasteiger partial charge in [-0.2, -0.15) is 0 Å². The van der Waals surface area contributed by atoms with Gasteiger partial charge >= 0.3 is 5.97 Å². The minimum Gasteiger partial charge on any atom is -0.490 e. The quantitative estimate of drug-likeness (QED) is 0.416. The van der Waals surface area contributed by atoms with Gasteiger partial charge in [-0.15, -0.1) is 0 Å². The molecule has 2 aromatic rings. The fraction of sp³-hybridized carbons (Fsp3) is 0.158. The van der Waals surface area contributed by atoms with Crippen molar-refractivity contribution in [2.45, 2.75) is 13.5 Å². The molecule has 0 saturated heterocycles. The van der Waals surface area contributed by atoms with Crippen molar-refractivity contribution in [3.63, 3.8) is 0 Å². The molecule has 7 heteroatoms. The Morgan fingerprint density at radius 1 is 1.27 bits per heavy atom. The Morgan fingerprint density at radius 2 is 2.04 bits per heavy atom. The summed E-state index contributed by atoms with van der Waals surface area (Å²) in [6, 6.07) is 9.06. The molecule has 5 nitrogen and oxygen atoms in total. The van der Waals surface area contributed by atoms with Gasteiger partial charge in [0.2, 0.25) is 0 Å². The lowest BCUT2D eigenvalue weighted by molar-refractivity contribution is -0.131. The van der Waals surface area contributed by atoms with E-state index in [9.17, 15) is 14.0 Å². The van der Waals surface area contributed by atoms with Gasteiger partial charge in [-0.3, -0.25) is 9.59 Å². The lowest BCUT2D eigenvalue weighted by atomic mass is 10.1. The number of amides is 1. The third-order valence-corrected chi connectivity index (χ3v) is 3.76. The van der Waals surface area contributed by atoms with Crippen molar-refractivity contribution in [2.24, 2.45) is 0 Å². The van der Waals surface area contributed by atoms with Crippen LogP contribution in [-0.4, -0.2) is 18.5 Å². The van der Waals surface area contributed by atoms with Crippen LogP contribution in [0.25, 0.3) is 0 Å². The molecular formula is C19H17BrFNO4. The fourth-order valence-electron chi connectivity index (χ4n) is 2.11. The van der Waals surface area contributed by atoms with E-state index in [4.69, 9.17) is 9.47 Å². The fourth-order valence-corrected chi connectivity index (χ4v) is 2.44. The van der Waals surface area contributed by atoms with Gasteiger partial charge < -0.3 is 14.8 Å². The molecule has 0 fully saturated rings. The van der Waals surface area contributed by atoms with Crippen LogP contribution in [0.15, 0.2) is 53.5 Å². The lowest BCUT2D eigenvalue weighted by Crippen LogP contribution is -2.24. The molecule has 1 N–H and O–H groups in total. The van der Waals surface area contributed by atoms with Gasteiger partial charge in [-0.25, -0.2) is 4.39 Å². The highest BCUT2D eigenvalue weighted by molar-refractivity contribution is 9.10. The Labute approximate surface area is 158 Å². The summed E-state index contributed by atoms with van der Waals surface area (Å²) in [6.45, 7) is 5.04. The minimum absolute atomic E-state index is 0.0187. The second-order valence-corrected chi connectivity index (χ2v) is 6.19. The predicted octanol–water partition coefficient (Wildman–Crippen LogP) is 4.01. The monoisotopic (exact) mass is 421 g/mol. The molecule has 2 aromatic carbocycles. The molecule has 136 valence electrons. The first kappa shape index (κ1) is 19.7. The molecule has 0 aliphatic carbocycles. The van der Waals surface area contributed by atoms with E-state index in [0.717, 1.165) is 0 Å². The number of rotatable bonds is 7. The topological polar surface area (TPSA) is 64.6 Å². The average Bonchev–Trinajstić information content (AvgIpc) is 2.59. The van der Waals surface area contributed by atoms with Crippen LogP contribution in [0.1, 0.15) is 22.8 Å². The van der Waals surface area contributed by atoms with Gasteiger partial charge in [0.25, 0.3) is 5.91 Å². The van der Waals surface area contributed by atoms with Crippen LogP contribution in [-0.2, 0) is 11.3 Å². The van der Waals surface area contributed by atoms with E-state index in [2.05, 4.69) is 27.8 Å². The molecule has 0 radical (unpaired) electrons. The van der Waals surface area contributed by atoms with Crippen molar-refractivity contribution < 1.29 is 23.5 Å². The largest absolute Gasteiger partial charge is 0.490 e. The smallest absolute Gasteiger partial charge is 0.308 e. The minimum atomic E-state index is -0.558. The van der Waals surface area contributed by atoms with Crippen LogP contribution < -0.4 is 14.8 Å². The van der Waals surface area contributed by atoms with E-state index in [1.807, 2.05) is 0 Å². The number of esters is 1. The lowest BCUT2D eigenvalue weighted by Gasteiger charge is -2.12. The Bertz CT molecular complexity index is 838. The summed E-state index contributed by atoms with van der Waals surface area (Å²) in [6.07, 6.45) is 1.57. The Balaban J connectivity index is 2.20. The molecule has 0 heterocycles. The zero-order chi connectivity index (χ0) is 19.1. The number of ether oxygens (including phenoxy) is 2. The number of benzene rings is 2.